The van der Waals surface area contributed by atoms with E-state index in [4.69, 9.17) is 10.4 Å². The van der Waals surface area contributed by atoms with E-state index in [1.54, 1.807) is 16.8 Å². The zero-order chi connectivity index (χ0) is 19.4. The summed E-state index contributed by atoms with van der Waals surface area (Å²) in [5, 5.41) is 28.5. The van der Waals surface area contributed by atoms with Gasteiger partial charge in [0.25, 0.3) is 0 Å². The second-order valence-electron chi connectivity index (χ2n) is 6.65. The van der Waals surface area contributed by atoms with Crippen LogP contribution in [-0.2, 0) is 16.1 Å². The minimum atomic E-state index is -0.972. The van der Waals surface area contributed by atoms with Crippen molar-refractivity contribution in [2.75, 3.05) is 32.7 Å². The van der Waals surface area contributed by atoms with Crippen molar-refractivity contribution in [1.82, 2.24) is 14.4 Å². The molecule has 1 fully saturated rings. The lowest BCUT2D eigenvalue weighted by atomic mass is 10.0. The Hall–Kier alpha value is -2.89. The van der Waals surface area contributed by atoms with Crippen LogP contribution in [0.1, 0.15) is 18.0 Å². The lowest BCUT2D eigenvalue weighted by molar-refractivity contribution is -0.144. The third kappa shape index (κ3) is 4.10. The zero-order valence-electron chi connectivity index (χ0n) is 14.9. The first-order valence-electron chi connectivity index (χ1n) is 8.87. The Bertz CT molecular complexity index is 877. The molecule has 8 heteroatoms. The molecular weight excluding hydrogens is 348 g/mol. The van der Waals surface area contributed by atoms with Gasteiger partial charge in [0, 0.05) is 61.8 Å². The number of rotatable bonds is 7. The summed E-state index contributed by atoms with van der Waals surface area (Å²) in [5.74, 6) is -1.92. The van der Waals surface area contributed by atoms with Crippen molar-refractivity contribution in [3.8, 4) is 6.07 Å². The van der Waals surface area contributed by atoms with Crippen molar-refractivity contribution in [2.45, 2.75) is 19.0 Å². The van der Waals surface area contributed by atoms with Crippen LogP contribution in [0.5, 0.6) is 0 Å². The first kappa shape index (κ1) is 18.9. The molecule has 1 aromatic heterocycles. The maximum Gasteiger partial charge on any atom is 0.325 e. The van der Waals surface area contributed by atoms with Crippen LogP contribution in [0.4, 0.5) is 0 Å². The molecule has 142 valence electrons. The Morgan fingerprint density at radius 3 is 2.48 bits per heavy atom. The highest BCUT2D eigenvalue weighted by Crippen LogP contribution is 2.31. The van der Waals surface area contributed by atoms with Crippen molar-refractivity contribution in [3.63, 3.8) is 0 Å². The molecule has 2 N–H and O–H groups in total. The van der Waals surface area contributed by atoms with Gasteiger partial charge in [-0.15, -0.1) is 0 Å². The van der Waals surface area contributed by atoms with Crippen LogP contribution < -0.4 is 0 Å². The van der Waals surface area contributed by atoms with Crippen molar-refractivity contribution >= 4 is 22.8 Å². The number of hydrogen-bond donors (Lipinski definition) is 2. The molecule has 1 aromatic carbocycles. The van der Waals surface area contributed by atoms with Crippen molar-refractivity contribution < 1.29 is 19.8 Å². The van der Waals surface area contributed by atoms with Crippen LogP contribution in [0.15, 0.2) is 30.5 Å². The molecule has 1 unspecified atom stereocenters. The van der Waals surface area contributed by atoms with Gasteiger partial charge >= 0.3 is 11.9 Å². The van der Waals surface area contributed by atoms with E-state index in [1.807, 2.05) is 23.1 Å². The molecule has 1 aliphatic heterocycles. The third-order valence-corrected chi connectivity index (χ3v) is 4.97. The summed E-state index contributed by atoms with van der Waals surface area (Å²) >= 11 is 0. The molecule has 1 aliphatic rings. The summed E-state index contributed by atoms with van der Waals surface area (Å²) < 4.78 is 1.59. The van der Waals surface area contributed by atoms with E-state index in [9.17, 15) is 14.7 Å². The second-order valence-corrected chi connectivity index (χ2v) is 6.65. The van der Waals surface area contributed by atoms with E-state index in [-0.39, 0.29) is 6.54 Å². The van der Waals surface area contributed by atoms with Gasteiger partial charge in [-0.1, -0.05) is 18.2 Å². The monoisotopic (exact) mass is 370 g/mol. The molecule has 0 bridgehead atoms. The SMILES string of the molecule is N#CCCN1CCN(C(C(=O)O)c2cn(CC(=O)O)c3ccccc23)CC1. The minimum Gasteiger partial charge on any atom is -0.480 e. The molecule has 0 radical (unpaired) electrons. The maximum atomic E-state index is 12.1. The lowest BCUT2D eigenvalue weighted by Gasteiger charge is -2.37. The molecule has 2 heterocycles. The fourth-order valence-corrected chi connectivity index (χ4v) is 3.71. The number of nitrogens with zero attached hydrogens (tertiary/aromatic N) is 4. The lowest BCUT2D eigenvalue weighted by Crippen LogP contribution is -2.49. The summed E-state index contributed by atoms with van der Waals surface area (Å²) in [6.07, 6.45) is 2.12. The molecule has 27 heavy (non-hydrogen) atoms. The number of para-hydroxylation sites is 1. The quantitative estimate of drug-likeness (QED) is 0.758. The Kier molecular flexibility index (Phi) is 5.74. The van der Waals surface area contributed by atoms with Crippen molar-refractivity contribution in [1.29, 1.82) is 5.26 Å². The van der Waals surface area contributed by atoms with Crippen molar-refractivity contribution in [2.24, 2.45) is 0 Å². The van der Waals surface area contributed by atoms with Crippen molar-refractivity contribution in [3.05, 3.63) is 36.0 Å². The van der Waals surface area contributed by atoms with Crippen LogP contribution >= 0.6 is 0 Å². The molecule has 0 amide bonds. The predicted octanol–water partition coefficient (Wildman–Crippen LogP) is 1.38. The number of nitriles is 1. The highest BCUT2D eigenvalue weighted by Gasteiger charge is 2.32. The normalized spacial score (nSPS) is 16.9. The van der Waals surface area contributed by atoms with Gasteiger partial charge in [-0.2, -0.15) is 5.26 Å². The molecule has 8 nitrogen and oxygen atoms in total. The topological polar surface area (TPSA) is 110 Å². The third-order valence-electron chi connectivity index (χ3n) is 4.97. The Morgan fingerprint density at radius 2 is 1.85 bits per heavy atom. The van der Waals surface area contributed by atoms with E-state index in [0.29, 0.717) is 50.2 Å². The number of hydrogen-bond acceptors (Lipinski definition) is 5. The fourth-order valence-electron chi connectivity index (χ4n) is 3.71. The Morgan fingerprint density at radius 1 is 1.15 bits per heavy atom. The number of piperazine rings is 1. The number of carboxylic acid groups (broad SMARTS) is 2. The largest absolute Gasteiger partial charge is 0.480 e. The minimum absolute atomic E-state index is 0.214. The Labute approximate surface area is 156 Å². The van der Waals surface area contributed by atoms with E-state index in [2.05, 4.69) is 11.0 Å². The van der Waals surface area contributed by atoms with Gasteiger partial charge in [-0.25, -0.2) is 0 Å². The average Bonchev–Trinajstić information content (AvgIpc) is 2.99. The van der Waals surface area contributed by atoms with E-state index >= 15 is 0 Å². The smallest absolute Gasteiger partial charge is 0.325 e. The summed E-state index contributed by atoms with van der Waals surface area (Å²) in [5.41, 5.74) is 1.33. The van der Waals surface area contributed by atoms with Gasteiger partial charge in [0.2, 0.25) is 0 Å². The summed E-state index contributed by atoms with van der Waals surface area (Å²) in [4.78, 5) is 27.4. The molecule has 1 saturated heterocycles. The molecule has 0 spiro atoms. The van der Waals surface area contributed by atoms with E-state index in [1.165, 1.54) is 0 Å². The summed E-state index contributed by atoms with van der Waals surface area (Å²) in [7, 11) is 0. The number of aromatic nitrogens is 1. The first-order valence-corrected chi connectivity index (χ1v) is 8.87. The summed E-state index contributed by atoms with van der Waals surface area (Å²) in [6.45, 7) is 3.06. The van der Waals surface area contributed by atoms with Gasteiger partial charge in [-0.05, 0) is 6.07 Å². The first-order chi connectivity index (χ1) is 13.0. The molecule has 1 atom stereocenters. The van der Waals surface area contributed by atoms with Gasteiger partial charge in [-0.3, -0.25) is 19.4 Å². The molecular formula is C19H22N4O4. The number of benzene rings is 1. The van der Waals surface area contributed by atoms with Gasteiger partial charge < -0.3 is 14.8 Å². The molecule has 2 aromatic rings. The highest BCUT2D eigenvalue weighted by atomic mass is 16.4. The number of carboxylic acids is 2. The summed E-state index contributed by atoms with van der Waals surface area (Å²) in [6, 6.07) is 8.59. The van der Waals surface area contributed by atoms with Crippen LogP contribution in [0.3, 0.4) is 0 Å². The van der Waals surface area contributed by atoms with Gasteiger partial charge in [0.1, 0.15) is 12.6 Å². The van der Waals surface area contributed by atoms with Crippen LogP contribution in [0.25, 0.3) is 10.9 Å². The standard InChI is InChI=1S/C19H22N4O4/c20-6-3-7-21-8-10-22(11-9-21)18(19(26)27)15-12-23(13-17(24)25)16-5-2-1-4-14(15)16/h1-2,4-5,12,18H,3,7-11,13H2,(H,24,25)(H,26,27). The van der Waals surface area contributed by atoms with Crippen LogP contribution in [0.2, 0.25) is 0 Å². The number of carbonyl (C=O) groups is 2. The number of fused-ring (bicyclic) bond motifs is 1. The Balaban J connectivity index is 1.89. The predicted molar refractivity (Wildman–Crippen MR) is 98.2 cm³/mol. The molecule has 3 rings (SSSR count). The van der Waals surface area contributed by atoms with Gasteiger partial charge in [0.05, 0.1) is 6.07 Å². The molecule has 0 saturated carbocycles. The fraction of sp³-hybridized carbons (Fsp3) is 0.421. The number of aliphatic carboxylic acids is 2. The van der Waals surface area contributed by atoms with E-state index < -0.39 is 18.0 Å². The van der Waals surface area contributed by atoms with Crippen LogP contribution in [0, 0.1) is 11.3 Å². The molecule has 0 aliphatic carbocycles. The second kappa shape index (κ2) is 8.20. The van der Waals surface area contributed by atoms with Crippen LogP contribution in [-0.4, -0.2) is 69.2 Å². The van der Waals surface area contributed by atoms with Gasteiger partial charge in [0.15, 0.2) is 0 Å². The zero-order valence-corrected chi connectivity index (χ0v) is 14.9. The highest BCUT2D eigenvalue weighted by molar-refractivity contribution is 5.90. The maximum absolute atomic E-state index is 12.1. The average molecular weight is 370 g/mol. The van der Waals surface area contributed by atoms with E-state index in [0.717, 1.165) is 5.39 Å².